The van der Waals surface area contributed by atoms with Crippen molar-refractivity contribution in [3.05, 3.63) is 87.8 Å². The van der Waals surface area contributed by atoms with Crippen molar-refractivity contribution >= 4 is 11.6 Å². The van der Waals surface area contributed by atoms with Crippen molar-refractivity contribution < 1.29 is 36.2 Å². The van der Waals surface area contributed by atoms with Crippen molar-refractivity contribution in [1.29, 1.82) is 0 Å². The van der Waals surface area contributed by atoms with Crippen molar-refractivity contribution in [2.75, 3.05) is 12.4 Å². The average molecular weight is 560 g/mol. The van der Waals surface area contributed by atoms with Crippen LogP contribution in [0.5, 0.6) is 11.5 Å². The van der Waals surface area contributed by atoms with Crippen LogP contribution in [-0.4, -0.2) is 33.7 Å². The first-order chi connectivity index (χ1) is 19.0. The maximum absolute atomic E-state index is 15.2. The van der Waals surface area contributed by atoms with Crippen molar-refractivity contribution in [1.82, 2.24) is 14.3 Å². The number of hydrogen-bond acceptors (Lipinski definition) is 5. The Balaban J connectivity index is 1.60. The van der Waals surface area contributed by atoms with Crippen LogP contribution in [0.15, 0.2) is 59.5 Å². The fourth-order valence-corrected chi connectivity index (χ4v) is 4.33. The molecule has 0 bridgehead atoms. The van der Waals surface area contributed by atoms with Gasteiger partial charge < -0.3 is 14.8 Å². The van der Waals surface area contributed by atoms with Gasteiger partial charge in [0.25, 0.3) is 11.5 Å². The van der Waals surface area contributed by atoms with E-state index in [0.29, 0.717) is 5.92 Å². The van der Waals surface area contributed by atoms with Crippen molar-refractivity contribution in [3.8, 4) is 28.6 Å². The summed E-state index contributed by atoms with van der Waals surface area (Å²) in [7, 11) is 2.60. The molecule has 1 fully saturated rings. The molecule has 0 radical (unpaired) electrons. The Morgan fingerprint density at radius 3 is 2.20 bits per heavy atom. The SMILES string of the molecule is COc1cc(F)c(-c2c(NC(=O)c3ccc(OC(F)(F)F)cc3)c(=O)n(-c3ccc(C4CC4)cn3)n2C)c(F)c1. The first-order valence-electron chi connectivity index (χ1n) is 12.0. The van der Waals surface area contributed by atoms with Crippen LogP contribution >= 0.6 is 0 Å². The lowest BCUT2D eigenvalue weighted by Gasteiger charge is -2.13. The van der Waals surface area contributed by atoms with Gasteiger partial charge >= 0.3 is 6.36 Å². The highest BCUT2D eigenvalue weighted by Gasteiger charge is 2.32. The van der Waals surface area contributed by atoms with Crippen LogP contribution in [0.4, 0.5) is 27.6 Å². The predicted molar refractivity (Wildman–Crippen MR) is 134 cm³/mol. The number of pyridine rings is 1. The highest BCUT2D eigenvalue weighted by Crippen LogP contribution is 2.40. The van der Waals surface area contributed by atoms with Gasteiger partial charge in [-0.3, -0.25) is 14.3 Å². The second-order valence-electron chi connectivity index (χ2n) is 9.08. The molecule has 4 aromatic rings. The third-order valence-electron chi connectivity index (χ3n) is 6.38. The number of alkyl halides is 3. The number of aromatic nitrogens is 3. The zero-order valence-electron chi connectivity index (χ0n) is 21.1. The monoisotopic (exact) mass is 560 g/mol. The molecule has 0 unspecified atom stereocenters. The minimum atomic E-state index is -4.93. The second kappa shape index (κ2) is 10.1. The molecule has 1 amide bonds. The molecule has 1 N–H and O–H groups in total. The summed E-state index contributed by atoms with van der Waals surface area (Å²) in [6, 6.07) is 9.17. The second-order valence-corrected chi connectivity index (χ2v) is 9.08. The van der Waals surface area contributed by atoms with Gasteiger partial charge in [-0.2, -0.15) is 4.68 Å². The Morgan fingerprint density at radius 2 is 1.68 bits per heavy atom. The van der Waals surface area contributed by atoms with E-state index in [1.165, 1.54) is 14.2 Å². The van der Waals surface area contributed by atoms with E-state index in [2.05, 4.69) is 15.0 Å². The Labute approximate surface area is 223 Å². The van der Waals surface area contributed by atoms with Crippen LogP contribution in [0.3, 0.4) is 0 Å². The van der Waals surface area contributed by atoms with Gasteiger partial charge in [-0.05, 0) is 54.7 Å². The molecule has 2 aromatic heterocycles. The summed E-state index contributed by atoms with van der Waals surface area (Å²) in [6.07, 6.45) is -1.25. The molecule has 0 atom stereocenters. The number of ether oxygens (including phenoxy) is 2. The lowest BCUT2D eigenvalue weighted by atomic mass is 10.1. The number of anilines is 1. The summed E-state index contributed by atoms with van der Waals surface area (Å²) >= 11 is 0. The molecule has 13 heteroatoms. The van der Waals surface area contributed by atoms with E-state index in [1.54, 1.807) is 18.3 Å². The highest BCUT2D eigenvalue weighted by atomic mass is 19.4. The van der Waals surface area contributed by atoms with Gasteiger partial charge in [0.15, 0.2) is 5.82 Å². The summed E-state index contributed by atoms with van der Waals surface area (Å²) < 4.78 is 78.8. The summed E-state index contributed by atoms with van der Waals surface area (Å²) in [5.74, 6) is -3.17. The third kappa shape index (κ3) is 5.26. The van der Waals surface area contributed by atoms with Gasteiger partial charge in [0.1, 0.15) is 34.5 Å². The van der Waals surface area contributed by atoms with E-state index in [-0.39, 0.29) is 22.8 Å². The topological polar surface area (TPSA) is 87.4 Å². The first-order valence-corrected chi connectivity index (χ1v) is 12.0. The number of carbonyl (C=O) groups excluding carboxylic acids is 1. The molecule has 2 heterocycles. The summed E-state index contributed by atoms with van der Waals surface area (Å²) in [4.78, 5) is 31.0. The normalized spacial score (nSPS) is 13.3. The summed E-state index contributed by atoms with van der Waals surface area (Å²) in [6.45, 7) is 0. The molecule has 8 nitrogen and oxygen atoms in total. The standard InChI is InChI=1S/C27H21F5N4O4/c1-35-24(22-19(28)11-18(39-2)12-20(22)29)23(26(38)36(35)21-10-7-16(13-33-21)14-3-4-14)34-25(37)15-5-8-17(9-6-15)40-27(30,31)32/h5-14H,3-4H2,1-2H3,(H,34,37). The van der Waals surface area contributed by atoms with E-state index in [9.17, 15) is 22.8 Å². The van der Waals surface area contributed by atoms with Crippen LogP contribution in [0, 0.1) is 11.6 Å². The number of nitrogens with zero attached hydrogens (tertiary/aromatic N) is 3. The maximum atomic E-state index is 15.2. The number of halogens is 5. The van der Waals surface area contributed by atoms with E-state index in [1.807, 2.05) is 0 Å². The third-order valence-corrected chi connectivity index (χ3v) is 6.38. The largest absolute Gasteiger partial charge is 0.573 e. The minimum Gasteiger partial charge on any atom is -0.497 e. The number of hydrogen-bond donors (Lipinski definition) is 1. The molecule has 208 valence electrons. The number of rotatable bonds is 7. The quantitative estimate of drug-likeness (QED) is 0.300. The Bertz CT molecular complexity index is 1620. The molecule has 1 saturated carbocycles. The number of methoxy groups -OCH3 is 1. The zero-order valence-corrected chi connectivity index (χ0v) is 21.1. The molecule has 5 rings (SSSR count). The van der Waals surface area contributed by atoms with Crippen LogP contribution in [0.2, 0.25) is 0 Å². The summed E-state index contributed by atoms with van der Waals surface area (Å²) in [5, 5.41) is 2.37. The Morgan fingerprint density at radius 1 is 1.02 bits per heavy atom. The smallest absolute Gasteiger partial charge is 0.497 e. The lowest BCUT2D eigenvalue weighted by molar-refractivity contribution is -0.274. The molecular formula is C27H21F5N4O4. The fourth-order valence-electron chi connectivity index (χ4n) is 4.33. The molecular weight excluding hydrogens is 539 g/mol. The fraction of sp³-hybridized carbons (Fsp3) is 0.222. The number of nitrogens with one attached hydrogen (secondary N) is 1. The van der Waals surface area contributed by atoms with Gasteiger partial charge in [0, 0.05) is 30.9 Å². The predicted octanol–water partition coefficient (Wildman–Crippen LogP) is 5.55. The van der Waals surface area contributed by atoms with Gasteiger partial charge in [0.05, 0.1) is 12.7 Å². The molecule has 0 spiro atoms. The van der Waals surface area contributed by atoms with E-state index in [0.717, 1.165) is 64.2 Å². The average Bonchev–Trinajstić information content (AvgIpc) is 3.72. The van der Waals surface area contributed by atoms with Gasteiger partial charge in [-0.15, -0.1) is 13.2 Å². The van der Waals surface area contributed by atoms with Gasteiger partial charge in [-0.25, -0.2) is 13.8 Å². The van der Waals surface area contributed by atoms with Crippen LogP contribution in [0.25, 0.3) is 17.1 Å². The molecule has 1 aliphatic carbocycles. The van der Waals surface area contributed by atoms with Crippen LogP contribution < -0.4 is 20.3 Å². The van der Waals surface area contributed by atoms with Crippen molar-refractivity contribution in [3.63, 3.8) is 0 Å². The van der Waals surface area contributed by atoms with Gasteiger partial charge in [-0.1, -0.05) is 6.07 Å². The zero-order chi connectivity index (χ0) is 28.8. The number of benzene rings is 2. The summed E-state index contributed by atoms with van der Waals surface area (Å²) in [5.41, 5.74) is -1.38. The van der Waals surface area contributed by atoms with E-state index in [4.69, 9.17) is 4.74 Å². The number of amides is 1. The van der Waals surface area contributed by atoms with Crippen LogP contribution in [0.1, 0.15) is 34.7 Å². The maximum Gasteiger partial charge on any atom is 0.573 e. The van der Waals surface area contributed by atoms with Crippen LogP contribution in [-0.2, 0) is 7.05 Å². The van der Waals surface area contributed by atoms with Crippen molar-refractivity contribution in [2.24, 2.45) is 7.05 Å². The Kier molecular flexibility index (Phi) is 6.82. The molecule has 0 aliphatic heterocycles. The minimum absolute atomic E-state index is 0.104. The molecule has 1 aliphatic rings. The van der Waals surface area contributed by atoms with Gasteiger partial charge in [0.2, 0.25) is 0 Å². The van der Waals surface area contributed by atoms with E-state index >= 15 is 8.78 Å². The van der Waals surface area contributed by atoms with E-state index < -0.39 is 46.5 Å². The lowest BCUT2D eigenvalue weighted by Crippen LogP contribution is -2.23. The number of carbonyl (C=O) groups is 1. The molecule has 40 heavy (non-hydrogen) atoms. The molecule has 0 saturated heterocycles. The Hall–Kier alpha value is -4.68. The first kappa shape index (κ1) is 26.9. The molecule has 2 aromatic carbocycles. The highest BCUT2D eigenvalue weighted by molar-refractivity contribution is 6.06. The van der Waals surface area contributed by atoms with Crippen molar-refractivity contribution in [2.45, 2.75) is 25.1 Å².